The predicted octanol–water partition coefficient (Wildman–Crippen LogP) is 1.09. The third kappa shape index (κ3) is 13.4. The molecule has 0 spiro atoms. The fourth-order valence-electron chi connectivity index (χ4n) is 5.43. The van der Waals surface area contributed by atoms with Gasteiger partial charge in [-0.1, -0.05) is 56.7 Å². The molecule has 0 aliphatic carbocycles. The van der Waals surface area contributed by atoms with E-state index in [1.165, 1.54) is 60.7 Å². The van der Waals surface area contributed by atoms with Gasteiger partial charge in [-0.25, -0.2) is 4.79 Å². The normalized spacial score (nSPS) is 14.3. The van der Waals surface area contributed by atoms with E-state index < -0.39 is 78.1 Å². The van der Waals surface area contributed by atoms with Gasteiger partial charge in [0.2, 0.25) is 23.6 Å². The van der Waals surface area contributed by atoms with E-state index in [0.29, 0.717) is 23.1 Å². The van der Waals surface area contributed by atoms with Crippen LogP contribution in [0.2, 0.25) is 0 Å². The zero-order valence-electron chi connectivity index (χ0n) is 29.9. The molecule has 6 atom stereocenters. The lowest BCUT2D eigenvalue weighted by molar-refractivity contribution is -0.142. The highest BCUT2D eigenvalue weighted by Gasteiger charge is 2.34. The third-order valence-electron chi connectivity index (χ3n) is 8.80. The second kappa shape index (κ2) is 20.2. The number of hydrogen-bond acceptors (Lipinski definition) is 10. The molecule has 290 valence electrons. The van der Waals surface area contributed by atoms with E-state index in [1.54, 1.807) is 26.0 Å². The average Bonchev–Trinajstić information content (AvgIpc) is 3.13. The van der Waals surface area contributed by atoms with Gasteiger partial charge in [0.25, 0.3) is 0 Å². The molecule has 0 aliphatic rings. The smallest absolute Gasteiger partial charge is 0.326 e. The van der Waals surface area contributed by atoms with Gasteiger partial charge < -0.3 is 52.5 Å². The van der Waals surface area contributed by atoms with Crippen LogP contribution in [0.15, 0.2) is 72.8 Å². The largest absolute Gasteiger partial charge is 0.508 e. The fourth-order valence-corrected chi connectivity index (χ4v) is 5.43. The number of phenols is 3. The Labute approximate surface area is 311 Å². The Balaban J connectivity index is 1.84. The number of rotatable bonds is 20. The monoisotopic (exact) mass is 749 g/mol. The summed E-state index contributed by atoms with van der Waals surface area (Å²) < 4.78 is 0. The molecule has 4 amide bonds. The summed E-state index contributed by atoms with van der Waals surface area (Å²) in [5.74, 6) is -6.49. The maximum Gasteiger partial charge on any atom is 0.326 e. The molecule has 11 N–H and O–H groups in total. The maximum absolute atomic E-state index is 14.0. The maximum atomic E-state index is 14.0. The minimum absolute atomic E-state index is 0.0132. The number of nitrogens with two attached hydrogens (primary N) is 1. The Morgan fingerprint density at radius 3 is 1.43 bits per heavy atom. The van der Waals surface area contributed by atoms with Crippen LogP contribution in [0.25, 0.3) is 0 Å². The Hall–Kier alpha value is -6.16. The summed E-state index contributed by atoms with van der Waals surface area (Å²) in [6.45, 7) is 3.44. The molecule has 3 aromatic carbocycles. The van der Waals surface area contributed by atoms with Gasteiger partial charge in [0.05, 0.1) is 6.04 Å². The third-order valence-corrected chi connectivity index (χ3v) is 8.80. The van der Waals surface area contributed by atoms with Crippen LogP contribution in [-0.4, -0.2) is 91.3 Å². The van der Waals surface area contributed by atoms with Crippen molar-refractivity contribution in [2.75, 3.05) is 0 Å². The molecule has 0 saturated carbocycles. The van der Waals surface area contributed by atoms with E-state index >= 15 is 0 Å². The van der Waals surface area contributed by atoms with Gasteiger partial charge in [0, 0.05) is 19.3 Å². The zero-order chi connectivity index (χ0) is 39.9. The Morgan fingerprint density at radius 1 is 0.574 bits per heavy atom. The Kier molecular flexibility index (Phi) is 15.8. The quantitative estimate of drug-likeness (QED) is 0.0778. The van der Waals surface area contributed by atoms with Gasteiger partial charge in [0.1, 0.15) is 41.4 Å². The molecule has 0 radical (unpaired) electrons. The molecular formula is C38H47N5O11. The molecule has 0 fully saturated rings. The summed E-state index contributed by atoms with van der Waals surface area (Å²) in [5, 5.41) is 58.3. The number of carboxylic acids is 2. The minimum Gasteiger partial charge on any atom is -0.508 e. The number of phenolic OH excluding ortho intramolecular Hbond substituents is 3. The molecule has 16 nitrogen and oxygen atoms in total. The number of aromatic hydroxyl groups is 3. The first-order valence-corrected chi connectivity index (χ1v) is 17.3. The van der Waals surface area contributed by atoms with Crippen LogP contribution in [0.1, 0.15) is 49.8 Å². The molecule has 3 rings (SSSR count). The highest BCUT2D eigenvalue weighted by molar-refractivity contribution is 5.96. The van der Waals surface area contributed by atoms with Crippen LogP contribution < -0.4 is 27.0 Å². The van der Waals surface area contributed by atoms with Gasteiger partial charge in [-0.15, -0.1) is 0 Å². The topological polar surface area (TPSA) is 278 Å². The number of aliphatic carboxylic acids is 2. The van der Waals surface area contributed by atoms with Gasteiger partial charge in [0.15, 0.2) is 0 Å². The molecule has 54 heavy (non-hydrogen) atoms. The van der Waals surface area contributed by atoms with Crippen LogP contribution in [0.5, 0.6) is 17.2 Å². The van der Waals surface area contributed by atoms with E-state index in [0.717, 1.165) is 0 Å². The van der Waals surface area contributed by atoms with Gasteiger partial charge >= 0.3 is 11.9 Å². The van der Waals surface area contributed by atoms with Gasteiger partial charge in [-0.2, -0.15) is 0 Å². The van der Waals surface area contributed by atoms with Crippen LogP contribution in [0.4, 0.5) is 0 Å². The lowest BCUT2D eigenvalue weighted by Gasteiger charge is -2.29. The van der Waals surface area contributed by atoms with E-state index in [4.69, 9.17) is 5.73 Å². The molecule has 3 aromatic rings. The van der Waals surface area contributed by atoms with E-state index in [-0.39, 0.29) is 42.9 Å². The highest BCUT2D eigenvalue weighted by Crippen LogP contribution is 2.16. The lowest BCUT2D eigenvalue weighted by atomic mass is 9.96. The summed E-state index contributed by atoms with van der Waals surface area (Å²) in [6.07, 6.45) is -0.748. The zero-order valence-corrected chi connectivity index (χ0v) is 29.9. The van der Waals surface area contributed by atoms with E-state index in [2.05, 4.69) is 21.3 Å². The molecule has 0 unspecified atom stereocenters. The van der Waals surface area contributed by atoms with Crippen molar-refractivity contribution in [3.8, 4) is 17.2 Å². The van der Waals surface area contributed by atoms with Crippen molar-refractivity contribution in [3.63, 3.8) is 0 Å². The van der Waals surface area contributed by atoms with Crippen LogP contribution >= 0.6 is 0 Å². The first kappa shape index (κ1) is 42.3. The second-order valence-corrected chi connectivity index (χ2v) is 13.0. The molecule has 0 heterocycles. The molecular weight excluding hydrogens is 702 g/mol. The number of hydrogen-bond donors (Lipinski definition) is 10. The SMILES string of the molecule is CC[C@H](C)[C@H](NC(=O)[C@H](Cc1ccc(O)cc1)NC(=O)[C@H](CCC(=O)O)NC(=O)[C@@H](N)Cc1ccc(O)cc1)C(=O)N[C@@H](Cc1ccc(O)cc1)C(=O)O. The fraction of sp³-hybridized carbons (Fsp3) is 0.368. The Morgan fingerprint density at radius 2 is 0.981 bits per heavy atom. The summed E-state index contributed by atoms with van der Waals surface area (Å²) in [5.41, 5.74) is 7.71. The molecule has 16 heteroatoms. The molecule has 0 bridgehead atoms. The minimum atomic E-state index is -1.44. The average molecular weight is 750 g/mol. The molecule has 0 aromatic heterocycles. The standard InChI is InChI=1S/C38H47N5O11/c1-3-21(2)33(37(52)42-31(38(53)54)20-24-8-14-27(46)15-9-24)43-36(51)30(19-23-6-12-26(45)13-7-23)41-35(50)29(16-17-32(47)48)40-34(49)28(39)18-22-4-10-25(44)11-5-22/h4-15,21,28-31,33,44-46H,3,16-20,39H2,1-2H3,(H,40,49)(H,41,50)(H,42,52)(H,43,51)(H,47,48)(H,53,54)/t21-,28-,29-,30-,31-,33-/m0/s1. The van der Waals surface area contributed by atoms with Crippen molar-refractivity contribution < 1.29 is 54.3 Å². The first-order valence-electron chi connectivity index (χ1n) is 17.3. The van der Waals surface area contributed by atoms with Crippen LogP contribution in [-0.2, 0) is 48.0 Å². The van der Waals surface area contributed by atoms with Crippen molar-refractivity contribution in [1.82, 2.24) is 21.3 Å². The molecule has 0 saturated heterocycles. The summed E-state index contributed by atoms with van der Waals surface area (Å²) in [6, 6.07) is 10.8. The van der Waals surface area contributed by atoms with Crippen LogP contribution in [0, 0.1) is 5.92 Å². The highest BCUT2D eigenvalue weighted by atomic mass is 16.4. The van der Waals surface area contributed by atoms with Gasteiger partial charge in [-0.05, 0) is 71.8 Å². The number of amides is 4. The summed E-state index contributed by atoms with van der Waals surface area (Å²) in [4.78, 5) is 78.0. The number of carbonyl (C=O) groups is 6. The van der Waals surface area contributed by atoms with Crippen LogP contribution in [0.3, 0.4) is 0 Å². The van der Waals surface area contributed by atoms with Crippen molar-refractivity contribution in [2.45, 2.75) is 82.6 Å². The number of nitrogens with one attached hydrogen (secondary N) is 4. The van der Waals surface area contributed by atoms with Crippen molar-refractivity contribution in [2.24, 2.45) is 11.7 Å². The van der Waals surface area contributed by atoms with Crippen molar-refractivity contribution >= 4 is 35.6 Å². The summed E-state index contributed by atoms with van der Waals surface area (Å²) in [7, 11) is 0. The number of benzene rings is 3. The summed E-state index contributed by atoms with van der Waals surface area (Å²) >= 11 is 0. The molecule has 0 aliphatic heterocycles. The lowest BCUT2D eigenvalue weighted by Crippen LogP contribution is -2.60. The number of carbonyl (C=O) groups excluding carboxylic acids is 4. The van der Waals surface area contributed by atoms with E-state index in [1.807, 2.05) is 0 Å². The van der Waals surface area contributed by atoms with E-state index in [9.17, 15) is 54.3 Å². The second-order valence-electron chi connectivity index (χ2n) is 13.0. The number of carboxylic acid groups (broad SMARTS) is 2. The van der Waals surface area contributed by atoms with Gasteiger partial charge in [-0.3, -0.25) is 24.0 Å². The van der Waals surface area contributed by atoms with Crippen molar-refractivity contribution in [1.29, 1.82) is 0 Å². The van der Waals surface area contributed by atoms with Crippen molar-refractivity contribution in [3.05, 3.63) is 89.5 Å². The first-order chi connectivity index (χ1) is 25.6. The Bertz CT molecular complexity index is 1750. The predicted molar refractivity (Wildman–Crippen MR) is 195 cm³/mol.